The Morgan fingerprint density at radius 1 is 1.15 bits per heavy atom. The molecule has 0 aliphatic carbocycles. The number of methoxy groups -OCH3 is 1. The standard InChI is InChI=1S/C19H23N3O4/c1-20-19(22-11-14-10-15(24-2)4-5-16(14)23)21-8-7-13-3-6-17-18(9-13)26-12-25-17/h3-6,9-10,23H,7-8,11-12H2,1-2H3,(H2,20,21,22). The van der Waals surface area contributed by atoms with Crippen molar-refractivity contribution in [3.05, 3.63) is 47.5 Å². The fourth-order valence-electron chi connectivity index (χ4n) is 2.65. The molecule has 0 fully saturated rings. The van der Waals surface area contributed by atoms with E-state index in [4.69, 9.17) is 14.2 Å². The second-order valence-electron chi connectivity index (χ2n) is 5.78. The fourth-order valence-corrected chi connectivity index (χ4v) is 2.65. The molecule has 1 aliphatic rings. The van der Waals surface area contributed by atoms with E-state index < -0.39 is 0 Å². The van der Waals surface area contributed by atoms with Crippen LogP contribution >= 0.6 is 0 Å². The van der Waals surface area contributed by atoms with Gasteiger partial charge < -0.3 is 30.0 Å². The van der Waals surface area contributed by atoms with Crippen molar-refractivity contribution in [2.75, 3.05) is 27.5 Å². The molecule has 0 aromatic heterocycles. The summed E-state index contributed by atoms with van der Waals surface area (Å²) in [7, 11) is 3.31. The highest BCUT2D eigenvalue weighted by atomic mass is 16.7. The number of hydrogen-bond acceptors (Lipinski definition) is 5. The van der Waals surface area contributed by atoms with E-state index in [1.54, 1.807) is 32.4 Å². The van der Waals surface area contributed by atoms with Crippen LogP contribution in [-0.4, -0.2) is 38.6 Å². The summed E-state index contributed by atoms with van der Waals surface area (Å²) in [5, 5.41) is 16.4. The van der Waals surface area contributed by atoms with Crippen LogP contribution in [0.5, 0.6) is 23.0 Å². The van der Waals surface area contributed by atoms with E-state index in [0.29, 0.717) is 24.8 Å². The van der Waals surface area contributed by atoms with Gasteiger partial charge in [0.05, 0.1) is 7.11 Å². The predicted molar refractivity (Wildman–Crippen MR) is 99.1 cm³/mol. The van der Waals surface area contributed by atoms with E-state index in [2.05, 4.69) is 15.6 Å². The van der Waals surface area contributed by atoms with E-state index in [1.807, 2.05) is 18.2 Å². The summed E-state index contributed by atoms with van der Waals surface area (Å²) in [6.45, 7) is 1.43. The van der Waals surface area contributed by atoms with Crippen molar-refractivity contribution < 1.29 is 19.3 Å². The zero-order chi connectivity index (χ0) is 18.4. The van der Waals surface area contributed by atoms with Crippen LogP contribution in [0.25, 0.3) is 0 Å². The Labute approximate surface area is 152 Å². The highest BCUT2D eigenvalue weighted by Gasteiger charge is 2.13. The number of nitrogens with zero attached hydrogens (tertiary/aromatic N) is 1. The summed E-state index contributed by atoms with van der Waals surface area (Å²) in [4.78, 5) is 4.20. The third-order valence-corrected chi connectivity index (χ3v) is 4.10. The quantitative estimate of drug-likeness (QED) is 0.542. The Balaban J connectivity index is 1.49. The highest BCUT2D eigenvalue weighted by Crippen LogP contribution is 2.32. The third-order valence-electron chi connectivity index (χ3n) is 4.10. The molecule has 0 radical (unpaired) electrons. The van der Waals surface area contributed by atoms with Crippen molar-refractivity contribution in [2.45, 2.75) is 13.0 Å². The average molecular weight is 357 g/mol. The minimum absolute atomic E-state index is 0.217. The minimum Gasteiger partial charge on any atom is -0.508 e. The molecule has 1 aliphatic heterocycles. The lowest BCUT2D eigenvalue weighted by molar-refractivity contribution is 0.174. The lowest BCUT2D eigenvalue weighted by Crippen LogP contribution is -2.37. The van der Waals surface area contributed by atoms with Crippen LogP contribution in [0.3, 0.4) is 0 Å². The summed E-state index contributed by atoms with van der Waals surface area (Å²) >= 11 is 0. The second kappa shape index (κ2) is 8.33. The van der Waals surface area contributed by atoms with Crippen molar-refractivity contribution in [2.24, 2.45) is 4.99 Å². The first-order valence-corrected chi connectivity index (χ1v) is 8.38. The lowest BCUT2D eigenvalue weighted by Gasteiger charge is -2.13. The maximum Gasteiger partial charge on any atom is 0.231 e. The maximum atomic E-state index is 9.94. The summed E-state index contributed by atoms with van der Waals surface area (Å²) in [6.07, 6.45) is 0.821. The molecule has 2 aromatic rings. The summed E-state index contributed by atoms with van der Waals surface area (Å²) in [6, 6.07) is 11.1. The number of nitrogens with one attached hydrogen (secondary N) is 2. The molecule has 3 N–H and O–H groups in total. The van der Waals surface area contributed by atoms with Gasteiger partial charge in [0, 0.05) is 25.7 Å². The smallest absolute Gasteiger partial charge is 0.231 e. The second-order valence-corrected chi connectivity index (χ2v) is 5.78. The molecular weight excluding hydrogens is 334 g/mol. The van der Waals surface area contributed by atoms with Crippen molar-refractivity contribution >= 4 is 5.96 Å². The first-order chi connectivity index (χ1) is 12.7. The topological polar surface area (TPSA) is 84.3 Å². The Hall–Kier alpha value is -3.09. The number of ether oxygens (including phenoxy) is 3. The van der Waals surface area contributed by atoms with Crippen molar-refractivity contribution in [3.63, 3.8) is 0 Å². The molecule has 0 saturated heterocycles. The van der Waals surface area contributed by atoms with Gasteiger partial charge in [-0.2, -0.15) is 0 Å². The van der Waals surface area contributed by atoms with E-state index in [0.717, 1.165) is 29.0 Å². The molecule has 2 aromatic carbocycles. The molecule has 0 saturated carbocycles. The van der Waals surface area contributed by atoms with Crippen LogP contribution in [0, 0.1) is 0 Å². The van der Waals surface area contributed by atoms with Gasteiger partial charge in [-0.25, -0.2) is 0 Å². The van der Waals surface area contributed by atoms with Gasteiger partial charge in [-0.3, -0.25) is 4.99 Å². The van der Waals surface area contributed by atoms with Crippen LogP contribution in [-0.2, 0) is 13.0 Å². The Morgan fingerprint density at radius 3 is 2.81 bits per heavy atom. The molecule has 7 heteroatoms. The molecule has 0 amide bonds. The molecule has 0 bridgehead atoms. The van der Waals surface area contributed by atoms with Gasteiger partial charge in [0.25, 0.3) is 0 Å². The summed E-state index contributed by atoms with van der Waals surface area (Å²) < 4.78 is 15.9. The normalized spacial score (nSPS) is 12.8. The largest absolute Gasteiger partial charge is 0.508 e. The molecule has 0 unspecified atom stereocenters. The van der Waals surface area contributed by atoms with E-state index in [9.17, 15) is 5.11 Å². The van der Waals surface area contributed by atoms with E-state index in [-0.39, 0.29) is 12.5 Å². The number of aliphatic imine (C=N–C) groups is 1. The average Bonchev–Trinajstić information content (AvgIpc) is 3.13. The van der Waals surface area contributed by atoms with E-state index in [1.165, 1.54) is 0 Å². The molecular formula is C19H23N3O4. The molecule has 138 valence electrons. The van der Waals surface area contributed by atoms with Gasteiger partial charge in [-0.1, -0.05) is 6.07 Å². The highest BCUT2D eigenvalue weighted by molar-refractivity contribution is 5.79. The number of fused-ring (bicyclic) bond motifs is 1. The number of benzene rings is 2. The molecule has 1 heterocycles. The fraction of sp³-hybridized carbons (Fsp3) is 0.316. The molecule has 26 heavy (non-hydrogen) atoms. The summed E-state index contributed by atoms with van der Waals surface area (Å²) in [5.41, 5.74) is 1.89. The van der Waals surface area contributed by atoms with Gasteiger partial charge in [-0.15, -0.1) is 0 Å². The predicted octanol–water partition coefficient (Wildman–Crippen LogP) is 2.04. The number of phenolic OH excluding ortho intramolecular Hbond substituents is 1. The van der Waals surface area contributed by atoms with Gasteiger partial charge in [0.2, 0.25) is 6.79 Å². The van der Waals surface area contributed by atoms with Gasteiger partial charge in [0.15, 0.2) is 17.5 Å². The first-order valence-electron chi connectivity index (χ1n) is 8.38. The Kier molecular flexibility index (Phi) is 5.68. The van der Waals surface area contributed by atoms with Crippen LogP contribution in [0.15, 0.2) is 41.4 Å². The first kappa shape index (κ1) is 17.7. The summed E-state index contributed by atoms with van der Waals surface area (Å²) in [5.74, 6) is 3.16. The lowest BCUT2D eigenvalue weighted by atomic mass is 10.1. The molecule has 7 nitrogen and oxygen atoms in total. The number of rotatable bonds is 6. The molecule has 0 spiro atoms. The molecule has 0 atom stereocenters. The monoisotopic (exact) mass is 357 g/mol. The number of hydrogen-bond donors (Lipinski definition) is 3. The van der Waals surface area contributed by atoms with Crippen LogP contribution in [0.2, 0.25) is 0 Å². The zero-order valence-electron chi connectivity index (χ0n) is 14.9. The van der Waals surface area contributed by atoms with E-state index >= 15 is 0 Å². The van der Waals surface area contributed by atoms with Crippen molar-refractivity contribution in [1.29, 1.82) is 0 Å². The van der Waals surface area contributed by atoms with Crippen LogP contribution < -0.4 is 24.8 Å². The van der Waals surface area contributed by atoms with Gasteiger partial charge >= 0.3 is 0 Å². The van der Waals surface area contributed by atoms with Crippen molar-refractivity contribution in [1.82, 2.24) is 10.6 Å². The number of guanidine groups is 1. The number of phenols is 1. The van der Waals surface area contributed by atoms with Gasteiger partial charge in [0.1, 0.15) is 11.5 Å². The minimum atomic E-state index is 0.217. The zero-order valence-corrected chi connectivity index (χ0v) is 14.9. The SMILES string of the molecule is CN=C(NCCc1ccc2c(c1)OCO2)NCc1cc(OC)ccc1O. The number of aromatic hydroxyl groups is 1. The molecule has 3 rings (SSSR count). The van der Waals surface area contributed by atoms with Gasteiger partial charge in [-0.05, 0) is 42.3 Å². The van der Waals surface area contributed by atoms with Crippen LogP contribution in [0.4, 0.5) is 0 Å². The Morgan fingerprint density at radius 2 is 2.00 bits per heavy atom. The maximum absolute atomic E-state index is 9.94. The van der Waals surface area contributed by atoms with Crippen LogP contribution in [0.1, 0.15) is 11.1 Å². The third kappa shape index (κ3) is 4.30. The Bertz CT molecular complexity index is 792. The van der Waals surface area contributed by atoms with Crippen molar-refractivity contribution in [3.8, 4) is 23.0 Å².